The van der Waals surface area contributed by atoms with Gasteiger partial charge in [-0.1, -0.05) is 200 Å². The molecule has 0 unspecified atom stereocenters. The fourth-order valence-electron chi connectivity index (χ4n) is 9.24. The summed E-state index contributed by atoms with van der Waals surface area (Å²) in [6.45, 7) is 0. The van der Waals surface area contributed by atoms with E-state index in [1.54, 1.807) is 0 Å². The number of nitrogens with zero attached hydrogens (tertiary/aromatic N) is 4. The molecule has 9 aromatic carbocycles. The molecule has 3 heterocycles. The summed E-state index contributed by atoms with van der Waals surface area (Å²) in [5.74, 6) is 0.690. The van der Waals surface area contributed by atoms with Crippen molar-refractivity contribution in [3.05, 3.63) is 219 Å². The summed E-state index contributed by atoms with van der Waals surface area (Å²) in [6, 6.07) is 75.3. The van der Waals surface area contributed by atoms with Crippen LogP contribution in [0.4, 0.5) is 0 Å². The molecule has 0 amide bonds. The smallest absolute Gasteiger partial charge is 0.160 e. The molecule has 0 aliphatic carbocycles. The minimum Gasteiger partial charge on any atom is -0.231 e. The summed E-state index contributed by atoms with van der Waals surface area (Å²) >= 11 is 0. The molecule has 0 atom stereocenters. The van der Waals surface area contributed by atoms with Crippen LogP contribution in [0, 0.1) is 0 Å². The van der Waals surface area contributed by atoms with Crippen LogP contribution in [0.1, 0.15) is 0 Å². The molecule has 0 aliphatic heterocycles. The summed E-state index contributed by atoms with van der Waals surface area (Å²) in [4.78, 5) is 10.5. The first kappa shape index (κ1) is 34.8. The zero-order valence-electron chi connectivity index (χ0n) is 33.1. The topological polar surface area (TPSA) is 43.1 Å². The van der Waals surface area contributed by atoms with E-state index in [4.69, 9.17) is 15.1 Å². The molecule has 0 bridgehead atoms. The average molecular weight is 777 g/mol. The molecule has 12 rings (SSSR count). The molecule has 0 N–H and O–H groups in total. The molecule has 0 fully saturated rings. The first-order chi connectivity index (χ1) is 30.3. The minimum atomic E-state index is 0.690. The lowest BCUT2D eigenvalue weighted by molar-refractivity contribution is 0.976. The maximum Gasteiger partial charge on any atom is 0.160 e. The lowest BCUT2D eigenvalue weighted by Gasteiger charge is -2.18. The fourth-order valence-corrected chi connectivity index (χ4v) is 9.24. The van der Waals surface area contributed by atoms with Crippen molar-refractivity contribution in [1.82, 2.24) is 19.6 Å². The molecule has 284 valence electrons. The first-order valence-corrected chi connectivity index (χ1v) is 20.7. The Hall–Kier alpha value is -8.21. The van der Waals surface area contributed by atoms with Crippen molar-refractivity contribution in [2.45, 2.75) is 0 Å². The van der Waals surface area contributed by atoms with Crippen molar-refractivity contribution in [2.75, 3.05) is 0 Å². The standard InChI is InChI=1S/C57H36N4/c1-4-16-37(17-5-1)51-36-58-61-55(41-20-8-3-9-21-41)54(48-26-14-15-27-49(48)56(51)61)40-30-28-39(29-31-40)53-35-52(38-18-6-2-7-19-38)59-57(60-53)42-32-33-47-45-24-11-10-22-43(45)44-23-12-13-25-46(44)50(47)34-42/h1-36H. The zero-order chi connectivity index (χ0) is 40.3. The molecule has 61 heavy (non-hydrogen) atoms. The summed E-state index contributed by atoms with van der Waals surface area (Å²) in [7, 11) is 0. The van der Waals surface area contributed by atoms with Gasteiger partial charge in [0.2, 0.25) is 0 Å². The monoisotopic (exact) mass is 776 g/mol. The van der Waals surface area contributed by atoms with Gasteiger partial charge < -0.3 is 0 Å². The molecule has 4 nitrogen and oxygen atoms in total. The third kappa shape index (κ3) is 5.80. The third-order valence-electron chi connectivity index (χ3n) is 12.1. The van der Waals surface area contributed by atoms with Gasteiger partial charge in [0, 0.05) is 38.8 Å². The number of fused-ring (bicyclic) bond motifs is 9. The van der Waals surface area contributed by atoms with E-state index >= 15 is 0 Å². The number of hydrogen-bond acceptors (Lipinski definition) is 3. The molecule has 0 radical (unpaired) electrons. The van der Waals surface area contributed by atoms with E-state index in [1.807, 2.05) is 12.3 Å². The minimum absolute atomic E-state index is 0.690. The van der Waals surface area contributed by atoms with Crippen molar-refractivity contribution in [3.63, 3.8) is 0 Å². The highest BCUT2D eigenvalue weighted by molar-refractivity contribution is 6.25. The zero-order valence-corrected chi connectivity index (χ0v) is 33.1. The largest absolute Gasteiger partial charge is 0.231 e. The number of hydrogen-bond donors (Lipinski definition) is 0. The number of aromatic nitrogens is 4. The van der Waals surface area contributed by atoms with E-state index in [2.05, 4.69) is 211 Å². The van der Waals surface area contributed by atoms with Gasteiger partial charge in [0.25, 0.3) is 0 Å². The molecular weight excluding hydrogens is 741 g/mol. The van der Waals surface area contributed by atoms with E-state index in [-0.39, 0.29) is 0 Å². The van der Waals surface area contributed by atoms with E-state index in [1.165, 1.54) is 37.7 Å². The van der Waals surface area contributed by atoms with Crippen LogP contribution in [0.15, 0.2) is 219 Å². The summed E-state index contributed by atoms with van der Waals surface area (Å²) in [6.07, 6.45) is 2.01. The van der Waals surface area contributed by atoms with Gasteiger partial charge in [-0.2, -0.15) is 5.10 Å². The Labute approximate surface area is 352 Å². The van der Waals surface area contributed by atoms with Crippen molar-refractivity contribution in [2.24, 2.45) is 0 Å². The van der Waals surface area contributed by atoms with Crippen LogP contribution in [0.3, 0.4) is 0 Å². The Bertz CT molecular complexity index is 3580. The van der Waals surface area contributed by atoms with Crippen LogP contribution in [-0.4, -0.2) is 19.6 Å². The Morgan fingerprint density at radius 3 is 1.36 bits per heavy atom. The Morgan fingerprint density at radius 1 is 0.311 bits per heavy atom. The van der Waals surface area contributed by atoms with Crippen molar-refractivity contribution in [3.8, 4) is 67.4 Å². The SMILES string of the molecule is c1ccc(-c2cc(-c3ccc(-c4c(-c5ccccc5)n5ncc(-c6ccccc6)c5c5ccccc45)cc3)nc(-c3ccc4c5ccccc5c5ccccc5c4c3)n2)cc1. The maximum atomic E-state index is 5.31. The summed E-state index contributed by atoms with van der Waals surface area (Å²) in [5.41, 5.74) is 12.5. The van der Waals surface area contributed by atoms with Gasteiger partial charge in [0.05, 0.1) is 28.8 Å². The van der Waals surface area contributed by atoms with Gasteiger partial charge in [0.1, 0.15) is 0 Å². The summed E-state index contributed by atoms with van der Waals surface area (Å²) in [5, 5.41) is 14.8. The predicted molar refractivity (Wildman–Crippen MR) is 253 cm³/mol. The predicted octanol–water partition coefficient (Wildman–Crippen LogP) is 14.7. The van der Waals surface area contributed by atoms with E-state index in [9.17, 15) is 0 Å². The van der Waals surface area contributed by atoms with Gasteiger partial charge in [-0.05, 0) is 61.0 Å². The van der Waals surface area contributed by atoms with Crippen LogP contribution < -0.4 is 0 Å². The molecule has 0 aliphatic rings. The Balaban J connectivity index is 1.04. The van der Waals surface area contributed by atoms with Gasteiger partial charge in [-0.3, -0.25) is 0 Å². The van der Waals surface area contributed by atoms with Gasteiger partial charge in [-0.15, -0.1) is 0 Å². The normalized spacial score (nSPS) is 11.6. The second-order valence-electron chi connectivity index (χ2n) is 15.6. The van der Waals surface area contributed by atoms with Crippen LogP contribution in [0.25, 0.3) is 116 Å². The maximum absolute atomic E-state index is 5.31. The highest BCUT2D eigenvalue weighted by Gasteiger charge is 2.22. The van der Waals surface area contributed by atoms with Gasteiger partial charge in [0.15, 0.2) is 5.82 Å². The number of pyridine rings is 1. The Kier molecular flexibility index (Phi) is 8.13. The van der Waals surface area contributed by atoms with Crippen LogP contribution >= 0.6 is 0 Å². The average Bonchev–Trinajstić information content (AvgIpc) is 3.80. The molecule has 0 spiro atoms. The highest BCUT2D eigenvalue weighted by Crippen LogP contribution is 2.43. The molecule has 0 saturated carbocycles. The molecular formula is C57H36N4. The summed E-state index contributed by atoms with van der Waals surface area (Å²) < 4.78 is 2.14. The van der Waals surface area contributed by atoms with Crippen molar-refractivity contribution >= 4 is 48.6 Å². The lowest BCUT2D eigenvalue weighted by Crippen LogP contribution is -2.00. The quantitative estimate of drug-likeness (QED) is 0.158. The Morgan fingerprint density at radius 2 is 0.754 bits per heavy atom. The van der Waals surface area contributed by atoms with E-state index in [0.717, 1.165) is 72.5 Å². The second kappa shape index (κ2) is 14.3. The lowest BCUT2D eigenvalue weighted by atomic mass is 9.91. The van der Waals surface area contributed by atoms with Gasteiger partial charge in [-0.25, -0.2) is 14.5 Å². The van der Waals surface area contributed by atoms with Crippen molar-refractivity contribution < 1.29 is 0 Å². The molecule has 0 saturated heterocycles. The highest BCUT2D eigenvalue weighted by atomic mass is 15.2. The number of benzene rings is 9. The molecule has 3 aromatic heterocycles. The fraction of sp³-hybridized carbons (Fsp3) is 0. The van der Waals surface area contributed by atoms with Gasteiger partial charge >= 0.3 is 0 Å². The second-order valence-corrected chi connectivity index (χ2v) is 15.6. The number of rotatable bonds is 6. The molecule has 4 heteroatoms. The first-order valence-electron chi connectivity index (χ1n) is 20.7. The third-order valence-corrected chi connectivity index (χ3v) is 12.1. The van der Waals surface area contributed by atoms with E-state index in [0.29, 0.717) is 5.82 Å². The van der Waals surface area contributed by atoms with Crippen LogP contribution in [0.5, 0.6) is 0 Å². The molecule has 12 aromatic rings. The van der Waals surface area contributed by atoms with Crippen LogP contribution in [-0.2, 0) is 0 Å². The van der Waals surface area contributed by atoms with Crippen LogP contribution in [0.2, 0.25) is 0 Å². The van der Waals surface area contributed by atoms with Crippen molar-refractivity contribution in [1.29, 1.82) is 0 Å². The van der Waals surface area contributed by atoms with E-state index < -0.39 is 0 Å².